The summed E-state index contributed by atoms with van der Waals surface area (Å²) in [5.74, 6) is -12.0. The van der Waals surface area contributed by atoms with Crippen molar-refractivity contribution in [3.63, 3.8) is 0 Å². The Morgan fingerprint density at radius 1 is 0.739 bits per heavy atom. The van der Waals surface area contributed by atoms with E-state index in [1.165, 1.54) is 12.1 Å². The van der Waals surface area contributed by atoms with Gasteiger partial charge in [-0.2, -0.15) is 0 Å². The highest BCUT2D eigenvalue weighted by atomic mass is 16.7. The molecule has 0 aliphatic carbocycles. The summed E-state index contributed by atoms with van der Waals surface area (Å²) < 4.78 is 21.1. The quantitative estimate of drug-likeness (QED) is 0.0798. The number of hydrogen-bond donors (Lipinski definition) is 10. The molecular formula is C29H24O17. The Hall–Kier alpha value is -5.91. The molecule has 10 N–H and O–H groups in total. The summed E-state index contributed by atoms with van der Waals surface area (Å²) in [7, 11) is 0. The minimum atomic E-state index is -2.09. The highest BCUT2D eigenvalue weighted by Gasteiger charge is 2.49. The van der Waals surface area contributed by atoms with Crippen molar-refractivity contribution in [2.75, 3.05) is 6.61 Å². The number of cyclic esters (lactones) is 1. The van der Waals surface area contributed by atoms with Crippen molar-refractivity contribution in [2.45, 2.75) is 30.7 Å². The van der Waals surface area contributed by atoms with Crippen LogP contribution < -0.4 is 0 Å². The van der Waals surface area contributed by atoms with E-state index >= 15 is 0 Å². The normalized spacial score (nSPS) is 22.9. The van der Waals surface area contributed by atoms with Gasteiger partial charge in [0.25, 0.3) is 0 Å². The van der Waals surface area contributed by atoms with Crippen LogP contribution >= 0.6 is 0 Å². The van der Waals surface area contributed by atoms with E-state index in [-0.39, 0.29) is 5.56 Å². The Balaban J connectivity index is 1.51. The summed E-state index contributed by atoms with van der Waals surface area (Å²) in [5.41, 5.74) is -3.07. The van der Waals surface area contributed by atoms with Gasteiger partial charge >= 0.3 is 17.9 Å². The number of carbonyl (C=O) groups excluding carboxylic acids is 3. The molecule has 0 amide bonds. The van der Waals surface area contributed by atoms with Crippen molar-refractivity contribution in [1.29, 1.82) is 0 Å². The minimum Gasteiger partial charge on any atom is -0.504 e. The lowest BCUT2D eigenvalue weighted by atomic mass is 9.92. The van der Waals surface area contributed by atoms with Crippen molar-refractivity contribution in [3.05, 3.63) is 53.1 Å². The lowest BCUT2D eigenvalue weighted by molar-refractivity contribution is -0.290. The van der Waals surface area contributed by atoms with Crippen molar-refractivity contribution in [2.24, 2.45) is 0 Å². The second kappa shape index (κ2) is 11.9. The van der Waals surface area contributed by atoms with Gasteiger partial charge in [0.1, 0.15) is 24.9 Å². The molecule has 1 saturated heterocycles. The molecule has 3 aromatic rings. The summed E-state index contributed by atoms with van der Waals surface area (Å²) in [6, 6.07) is 4.80. The average Bonchev–Trinajstić information content (AvgIpc) is 3.03. The number of aromatic hydroxyl groups is 8. The Morgan fingerprint density at radius 2 is 1.33 bits per heavy atom. The first-order chi connectivity index (χ1) is 21.7. The number of carbonyl (C=O) groups is 3. The molecule has 0 spiro atoms. The summed E-state index contributed by atoms with van der Waals surface area (Å²) in [6.45, 7) is -0.891. The van der Waals surface area contributed by atoms with Crippen molar-refractivity contribution in [3.8, 4) is 57.1 Å². The highest BCUT2D eigenvalue weighted by molar-refractivity contribution is 6.08. The number of phenols is 8. The number of aliphatic hydroxyl groups is 2. The Morgan fingerprint density at radius 3 is 1.91 bits per heavy atom. The SMILES string of the molecule is O=C(/C=C/c1ccc(O)c(O)c1)O[C@@H]1O[C@@H]2COC(=O)c3cc(O)c(O)c(O)c3-c3c(cc(O)c(O)c3O)C(=O)O[C@H]2[C@@H](O)[C@H]1O. The molecule has 2 aliphatic heterocycles. The third-order valence-electron chi connectivity index (χ3n) is 7.10. The Labute approximate surface area is 256 Å². The van der Waals surface area contributed by atoms with Crippen LogP contribution in [0.2, 0.25) is 0 Å². The van der Waals surface area contributed by atoms with Crippen LogP contribution in [-0.2, 0) is 23.7 Å². The third kappa shape index (κ3) is 5.56. The van der Waals surface area contributed by atoms with E-state index in [1.54, 1.807) is 0 Å². The molecule has 2 heterocycles. The van der Waals surface area contributed by atoms with E-state index < -0.39 is 123 Å². The van der Waals surface area contributed by atoms with Gasteiger partial charge in [0.15, 0.2) is 40.6 Å². The molecule has 0 aromatic heterocycles. The van der Waals surface area contributed by atoms with Gasteiger partial charge in [0, 0.05) is 17.2 Å². The van der Waals surface area contributed by atoms with Gasteiger partial charge in [-0.25, -0.2) is 14.4 Å². The fourth-order valence-electron chi connectivity index (χ4n) is 4.78. The molecule has 1 fully saturated rings. The topological polar surface area (TPSA) is 290 Å². The van der Waals surface area contributed by atoms with E-state index in [0.717, 1.165) is 18.2 Å². The molecule has 5 atom stereocenters. The maximum absolute atomic E-state index is 13.4. The van der Waals surface area contributed by atoms with Crippen LogP contribution in [0.5, 0.6) is 46.0 Å². The molecule has 0 unspecified atom stereocenters. The molecule has 3 aromatic carbocycles. The van der Waals surface area contributed by atoms with Crippen molar-refractivity contribution >= 4 is 24.0 Å². The number of hydrogen-bond acceptors (Lipinski definition) is 17. The zero-order valence-corrected chi connectivity index (χ0v) is 23.0. The first kappa shape index (κ1) is 31.5. The molecule has 0 bridgehead atoms. The van der Waals surface area contributed by atoms with Gasteiger partial charge in [-0.15, -0.1) is 0 Å². The van der Waals surface area contributed by atoms with Gasteiger partial charge in [-0.05, 0) is 35.9 Å². The number of fused-ring (bicyclic) bond motifs is 4. The van der Waals surface area contributed by atoms with Gasteiger partial charge in [-0.1, -0.05) is 6.07 Å². The number of rotatable bonds is 3. The number of phenolic OH excluding ortho intramolecular Hbond substituents is 8. The number of esters is 3. The molecule has 17 nitrogen and oxygen atoms in total. The third-order valence-corrected chi connectivity index (χ3v) is 7.10. The van der Waals surface area contributed by atoms with E-state index in [0.29, 0.717) is 12.1 Å². The summed E-state index contributed by atoms with van der Waals surface area (Å²) in [4.78, 5) is 39.1. The van der Waals surface area contributed by atoms with Crippen LogP contribution in [0.25, 0.3) is 17.2 Å². The molecule has 242 valence electrons. The number of benzene rings is 3. The maximum atomic E-state index is 13.4. The first-order valence-corrected chi connectivity index (χ1v) is 13.1. The Bertz CT molecular complexity index is 1780. The molecule has 5 rings (SSSR count). The summed E-state index contributed by atoms with van der Waals surface area (Å²) in [5, 5.41) is 102. The predicted molar refractivity (Wildman–Crippen MR) is 147 cm³/mol. The van der Waals surface area contributed by atoms with Gasteiger partial charge in [0.05, 0.1) is 11.1 Å². The van der Waals surface area contributed by atoms with Crippen LogP contribution in [0.3, 0.4) is 0 Å². The van der Waals surface area contributed by atoms with Crippen LogP contribution in [0.1, 0.15) is 26.3 Å². The fraction of sp³-hybridized carbons (Fsp3) is 0.207. The lowest BCUT2D eigenvalue weighted by Gasteiger charge is -2.41. The maximum Gasteiger partial charge on any atom is 0.339 e. The van der Waals surface area contributed by atoms with Crippen LogP contribution in [0.15, 0.2) is 36.4 Å². The molecular weight excluding hydrogens is 620 g/mol. The second-order valence-electron chi connectivity index (χ2n) is 10.0. The van der Waals surface area contributed by atoms with Gasteiger partial charge < -0.3 is 70.0 Å². The molecule has 0 saturated carbocycles. The molecule has 17 heteroatoms. The predicted octanol–water partition coefficient (Wildman–Crippen LogP) is 0.397. The molecule has 46 heavy (non-hydrogen) atoms. The van der Waals surface area contributed by atoms with Gasteiger partial charge in [-0.3, -0.25) is 0 Å². The average molecular weight is 644 g/mol. The Kier molecular flexibility index (Phi) is 8.14. The first-order valence-electron chi connectivity index (χ1n) is 13.1. The smallest absolute Gasteiger partial charge is 0.339 e. The lowest BCUT2D eigenvalue weighted by Crippen LogP contribution is -2.61. The zero-order valence-electron chi connectivity index (χ0n) is 23.0. The minimum absolute atomic E-state index is 0.260. The molecule has 0 radical (unpaired) electrons. The largest absolute Gasteiger partial charge is 0.504 e. The number of ether oxygens (including phenoxy) is 4. The second-order valence-corrected chi connectivity index (χ2v) is 10.0. The molecule has 2 aliphatic rings. The van der Waals surface area contributed by atoms with Crippen molar-refractivity contribution in [1.82, 2.24) is 0 Å². The van der Waals surface area contributed by atoms with Crippen LogP contribution in [0, 0.1) is 0 Å². The summed E-state index contributed by atoms with van der Waals surface area (Å²) in [6.07, 6.45) is -7.65. The highest BCUT2D eigenvalue weighted by Crippen LogP contribution is 2.52. The standard InChI is InChI=1S/C29H24O17/c30-12-3-1-9(5-13(12)31)2-4-17(34)45-29-25(40)24(39)26-16(44-29)8-43-27(41)10-6-14(32)20(35)22(37)18(10)19-11(28(42)46-26)7-15(33)21(36)23(19)38/h1-7,16,24-26,29-33,35-40H,8H2/b4-2+/t16-,24+,25-,26-,29+/m1/s1. The van der Waals surface area contributed by atoms with E-state index in [9.17, 15) is 65.4 Å². The van der Waals surface area contributed by atoms with Crippen molar-refractivity contribution < 1.29 is 84.4 Å². The fourth-order valence-corrected chi connectivity index (χ4v) is 4.78. The zero-order chi connectivity index (χ0) is 33.6. The summed E-state index contributed by atoms with van der Waals surface area (Å²) >= 11 is 0. The van der Waals surface area contributed by atoms with Crippen LogP contribution in [0.4, 0.5) is 0 Å². The monoisotopic (exact) mass is 644 g/mol. The van der Waals surface area contributed by atoms with E-state index in [4.69, 9.17) is 18.9 Å². The van der Waals surface area contributed by atoms with E-state index in [2.05, 4.69) is 0 Å². The van der Waals surface area contributed by atoms with Crippen LogP contribution in [-0.4, -0.2) is 106 Å². The number of aliphatic hydroxyl groups excluding tert-OH is 2. The van der Waals surface area contributed by atoms with E-state index in [1.807, 2.05) is 0 Å². The van der Waals surface area contributed by atoms with Gasteiger partial charge in [0.2, 0.25) is 17.8 Å².